The van der Waals surface area contributed by atoms with Crippen molar-refractivity contribution in [1.82, 2.24) is 0 Å². The standard InChI is InChI=1S/C12H13NS3.HI/c1-14-12-9-11(15-16-12)13-8-7-10-5-3-2-4-6-10;/h2-6,9H,7-8H2,1H3;1H/b13-11-;. The highest BCUT2D eigenvalue weighted by molar-refractivity contribution is 14.0. The van der Waals surface area contributed by atoms with Crippen LogP contribution in [0.5, 0.6) is 0 Å². The number of nitrogens with zero attached hydrogens (tertiary/aromatic N) is 1. The molecule has 0 unspecified atom stereocenters. The molecule has 0 aliphatic carbocycles. The van der Waals surface area contributed by atoms with Gasteiger partial charge in [-0.15, -0.1) is 35.7 Å². The number of benzene rings is 1. The van der Waals surface area contributed by atoms with Crippen LogP contribution in [0.3, 0.4) is 0 Å². The lowest BCUT2D eigenvalue weighted by Crippen LogP contribution is -1.96. The zero-order chi connectivity index (χ0) is 11.2. The zero-order valence-corrected chi connectivity index (χ0v) is 14.2. The third kappa shape index (κ3) is 5.11. The summed E-state index contributed by atoms with van der Waals surface area (Å²) in [6.07, 6.45) is 3.13. The first-order valence-electron chi connectivity index (χ1n) is 5.07. The fraction of sp³-hybridized carbons (Fsp3) is 0.250. The third-order valence-electron chi connectivity index (χ3n) is 2.16. The summed E-state index contributed by atoms with van der Waals surface area (Å²) in [5.74, 6) is 0. The summed E-state index contributed by atoms with van der Waals surface area (Å²) in [5, 5.41) is 0. The smallest absolute Gasteiger partial charge is 0.122 e. The molecule has 0 radical (unpaired) electrons. The van der Waals surface area contributed by atoms with Gasteiger partial charge in [0.1, 0.15) is 4.67 Å². The maximum absolute atomic E-state index is 4.59. The second-order valence-electron chi connectivity index (χ2n) is 3.29. The second-order valence-corrected chi connectivity index (χ2v) is 6.59. The number of hydrogen-bond donors (Lipinski definition) is 0. The molecular weight excluding hydrogens is 381 g/mol. The van der Waals surface area contributed by atoms with Crippen LogP contribution < -0.4 is 4.67 Å². The maximum atomic E-state index is 4.59. The van der Waals surface area contributed by atoms with Gasteiger partial charge in [-0.2, -0.15) is 0 Å². The van der Waals surface area contributed by atoms with Crippen LogP contribution >= 0.6 is 56.4 Å². The largest absolute Gasteiger partial charge is 0.273 e. The van der Waals surface area contributed by atoms with Crippen molar-refractivity contribution in [3.8, 4) is 0 Å². The zero-order valence-electron chi connectivity index (χ0n) is 9.46. The first-order chi connectivity index (χ1) is 7.88. The third-order valence-corrected chi connectivity index (χ3v) is 5.83. The van der Waals surface area contributed by atoms with Crippen molar-refractivity contribution in [2.45, 2.75) is 10.6 Å². The Balaban J connectivity index is 0.00000144. The van der Waals surface area contributed by atoms with Crippen LogP contribution in [0.2, 0.25) is 0 Å². The fourth-order valence-corrected chi connectivity index (χ4v) is 4.49. The number of thioether (sulfide) groups is 1. The molecule has 1 aromatic heterocycles. The van der Waals surface area contributed by atoms with Crippen molar-refractivity contribution in [1.29, 1.82) is 0 Å². The van der Waals surface area contributed by atoms with Crippen LogP contribution in [-0.4, -0.2) is 12.8 Å². The van der Waals surface area contributed by atoms with E-state index in [4.69, 9.17) is 0 Å². The van der Waals surface area contributed by atoms with Gasteiger partial charge < -0.3 is 0 Å². The van der Waals surface area contributed by atoms with Crippen LogP contribution in [-0.2, 0) is 6.42 Å². The molecule has 0 fully saturated rings. The Kier molecular flexibility index (Phi) is 7.41. The second kappa shape index (κ2) is 8.29. The van der Waals surface area contributed by atoms with Crippen molar-refractivity contribution in [2.24, 2.45) is 4.99 Å². The van der Waals surface area contributed by atoms with Crippen LogP contribution in [0.25, 0.3) is 0 Å². The number of rotatable bonds is 4. The van der Waals surface area contributed by atoms with Crippen molar-refractivity contribution >= 4 is 56.4 Å². The molecule has 1 nitrogen and oxygen atoms in total. The molecule has 0 amide bonds. The van der Waals surface area contributed by atoms with Crippen LogP contribution in [0.15, 0.2) is 45.6 Å². The van der Waals surface area contributed by atoms with Crippen molar-refractivity contribution in [3.63, 3.8) is 0 Å². The van der Waals surface area contributed by atoms with E-state index in [9.17, 15) is 0 Å². The molecule has 0 N–H and O–H groups in total. The summed E-state index contributed by atoms with van der Waals surface area (Å²) in [4.78, 5) is 4.59. The topological polar surface area (TPSA) is 12.4 Å². The van der Waals surface area contributed by atoms with E-state index >= 15 is 0 Å². The monoisotopic (exact) mass is 395 g/mol. The minimum Gasteiger partial charge on any atom is -0.273 e. The van der Waals surface area contributed by atoms with Crippen molar-refractivity contribution in [2.75, 3.05) is 12.8 Å². The Morgan fingerprint density at radius 2 is 1.94 bits per heavy atom. The Morgan fingerprint density at radius 3 is 2.59 bits per heavy atom. The van der Waals surface area contributed by atoms with E-state index in [0.717, 1.165) is 17.6 Å². The highest BCUT2D eigenvalue weighted by Crippen LogP contribution is 2.20. The molecule has 0 atom stereocenters. The van der Waals surface area contributed by atoms with Gasteiger partial charge in [0.2, 0.25) is 0 Å². The first-order valence-corrected chi connectivity index (χ1v) is 8.44. The van der Waals surface area contributed by atoms with Crippen LogP contribution in [0.1, 0.15) is 5.56 Å². The molecule has 0 aliphatic rings. The van der Waals surface area contributed by atoms with Gasteiger partial charge in [0.25, 0.3) is 0 Å². The van der Waals surface area contributed by atoms with E-state index in [-0.39, 0.29) is 24.0 Å². The average Bonchev–Trinajstić information content (AvgIpc) is 2.78. The van der Waals surface area contributed by atoms with E-state index in [1.54, 1.807) is 32.4 Å². The molecule has 2 rings (SSSR count). The predicted octanol–water partition coefficient (Wildman–Crippen LogP) is 4.29. The van der Waals surface area contributed by atoms with Crippen molar-refractivity contribution < 1.29 is 0 Å². The Bertz CT molecular complexity index is 490. The SMILES string of the molecule is CSc1c/c(=N/CCc2ccccc2)ss1.I. The summed E-state index contributed by atoms with van der Waals surface area (Å²) >= 11 is 1.79. The molecule has 0 aliphatic heterocycles. The summed E-state index contributed by atoms with van der Waals surface area (Å²) < 4.78 is 2.51. The minimum absolute atomic E-state index is 0. The Labute approximate surface area is 130 Å². The molecule has 92 valence electrons. The van der Waals surface area contributed by atoms with Gasteiger partial charge in [0.15, 0.2) is 0 Å². The molecule has 0 spiro atoms. The minimum atomic E-state index is 0. The van der Waals surface area contributed by atoms with Gasteiger partial charge in [-0.05, 0) is 24.3 Å². The molecule has 5 heteroatoms. The van der Waals surface area contributed by atoms with Gasteiger partial charge >= 0.3 is 0 Å². The Morgan fingerprint density at radius 1 is 1.18 bits per heavy atom. The van der Waals surface area contributed by atoms with Gasteiger partial charge in [-0.25, -0.2) is 0 Å². The van der Waals surface area contributed by atoms with E-state index in [1.807, 2.05) is 6.07 Å². The highest BCUT2D eigenvalue weighted by atomic mass is 127. The molecule has 0 bridgehead atoms. The molecule has 17 heavy (non-hydrogen) atoms. The average molecular weight is 395 g/mol. The maximum Gasteiger partial charge on any atom is 0.122 e. The summed E-state index contributed by atoms with van der Waals surface area (Å²) in [5.41, 5.74) is 1.36. The highest BCUT2D eigenvalue weighted by Gasteiger charge is 1.94. The normalized spacial score (nSPS) is 11.2. The number of hydrogen-bond acceptors (Lipinski definition) is 4. The lowest BCUT2D eigenvalue weighted by Gasteiger charge is -1.95. The molecule has 0 saturated carbocycles. The van der Waals surface area contributed by atoms with Gasteiger partial charge in [0.05, 0.1) is 4.21 Å². The lowest BCUT2D eigenvalue weighted by molar-refractivity contribution is 0.943. The molecule has 1 aromatic carbocycles. The van der Waals surface area contributed by atoms with Crippen molar-refractivity contribution in [3.05, 3.63) is 46.6 Å². The van der Waals surface area contributed by atoms with E-state index in [1.165, 1.54) is 9.77 Å². The molecular formula is C12H14INS3. The van der Waals surface area contributed by atoms with E-state index in [0.29, 0.717) is 0 Å². The summed E-state index contributed by atoms with van der Waals surface area (Å²) in [6, 6.07) is 12.7. The summed E-state index contributed by atoms with van der Waals surface area (Å²) in [6.45, 7) is 0.880. The van der Waals surface area contributed by atoms with E-state index < -0.39 is 0 Å². The quantitative estimate of drug-likeness (QED) is 0.427. The van der Waals surface area contributed by atoms with Crippen LogP contribution in [0.4, 0.5) is 0 Å². The summed E-state index contributed by atoms with van der Waals surface area (Å²) in [7, 11) is 3.57. The van der Waals surface area contributed by atoms with Crippen LogP contribution in [0, 0.1) is 0 Å². The van der Waals surface area contributed by atoms with Gasteiger partial charge in [-0.3, -0.25) is 4.99 Å². The lowest BCUT2D eigenvalue weighted by atomic mass is 10.2. The first kappa shape index (κ1) is 15.2. The molecule has 1 heterocycles. The Hall–Kier alpha value is 0.150. The van der Waals surface area contributed by atoms with E-state index in [2.05, 4.69) is 41.6 Å². The van der Waals surface area contributed by atoms with Gasteiger partial charge in [0, 0.05) is 6.54 Å². The fourth-order valence-electron chi connectivity index (χ4n) is 1.34. The number of halogens is 1. The van der Waals surface area contributed by atoms with Gasteiger partial charge in [-0.1, -0.05) is 51.0 Å². The molecule has 2 aromatic rings. The molecule has 0 saturated heterocycles. The predicted molar refractivity (Wildman–Crippen MR) is 90.0 cm³/mol.